The smallest absolute Gasteiger partial charge is 0.333 e. The first kappa shape index (κ1) is 15.5. The van der Waals surface area contributed by atoms with Crippen molar-refractivity contribution in [2.75, 3.05) is 18.9 Å². The molecular weight excluding hydrogens is 258 g/mol. The van der Waals surface area contributed by atoms with E-state index in [0.29, 0.717) is 11.3 Å². The minimum atomic E-state index is -0.528. The number of hydrogen-bond donors (Lipinski definition) is 1. The van der Waals surface area contributed by atoms with Crippen molar-refractivity contribution in [2.45, 2.75) is 6.92 Å². The molecule has 0 spiro atoms. The molecule has 0 heterocycles. The molecule has 0 aliphatic carbocycles. The number of carbonyl (C=O) groups is 2. The highest BCUT2D eigenvalue weighted by Crippen LogP contribution is 2.11. The molecule has 1 aromatic rings. The van der Waals surface area contributed by atoms with Crippen LogP contribution in [0.15, 0.2) is 42.5 Å². The van der Waals surface area contributed by atoms with Gasteiger partial charge in [-0.3, -0.25) is 0 Å². The Bertz CT molecular complexity index is 534. The predicted molar refractivity (Wildman–Crippen MR) is 76.6 cm³/mol. The Hall–Kier alpha value is -2.56. The maximum atomic E-state index is 11.4. The number of esters is 2. The summed E-state index contributed by atoms with van der Waals surface area (Å²) in [7, 11) is 0. The fourth-order valence-corrected chi connectivity index (χ4v) is 1.27. The number of benzene rings is 1. The van der Waals surface area contributed by atoms with Crippen molar-refractivity contribution in [3.63, 3.8) is 0 Å². The van der Waals surface area contributed by atoms with Crippen LogP contribution in [-0.4, -0.2) is 25.2 Å². The molecular formula is C15H17NO4. The molecule has 0 fully saturated rings. The van der Waals surface area contributed by atoms with E-state index in [2.05, 4.69) is 6.58 Å². The molecule has 0 amide bonds. The molecule has 0 aliphatic rings. The molecule has 0 saturated carbocycles. The van der Waals surface area contributed by atoms with Crippen molar-refractivity contribution in [2.24, 2.45) is 0 Å². The number of nitrogens with two attached hydrogens (primary N) is 1. The lowest BCUT2D eigenvalue weighted by atomic mass is 10.2. The van der Waals surface area contributed by atoms with E-state index >= 15 is 0 Å². The molecule has 20 heavy (non-hydrogen) atoms. The van der Waals surface area contributed by atoms with E-state index in [1.165, 1.54) is 6.08 Å². The summed E-state index contributed by atoms with van der Waals surface area (Å²) >= 11 is 0. The number of rotatable bonds is 6. The average molecular weight is 275 g/mol. The van der Waals surface area contributed by atoms with Gasteiger partial charge in [-0.2, -0.15) is 0 Å². The van der Waals surface area contributed by atoms with Crippen molar-refractivity contribution < 1.29 is 19.1 Å². The van der Waals surface area contributed by atoms with Crippen LogP contribution in [0.4, 0.5) is 5.69 Å². The lowest BCUT2D eigenvalue weighted by Crippen LogP contribution is -2.13. The fourth-order valence-electron chi connectivity index (χ4n) is 1.27. The SMILES string of the molecule is C=C(C)C(=O)OCCOC(=O)/C=C/c1ccccc1N. The standard InChI is InChI=1S/C15H17NO4/c1-11(2)15(18)20-10-9-19-14(17)8-7-12-5-3-4-6-13(12)16/h3-8H,1,9-10,16H2,2H3/b8-7+. The third-order valence-electron chi connectivity index (χ3n) is 2.30. The van der Waals surface area contributed by atoms with E-state index in [0.717, 1.165) is 5.56 Å². The number of para-hydroxylation sites is 1. The molecule has 0 radical (unpaired) electrons. The molecule has 5 heteroatoms. The van der Waals surface area contributed by atoms with Crippen LogP contribution in [0, 0.1) is 0 Å². The lowest BCUT2D eigenvalue weighted by molar-refractivity contribution is -0.146. The number of carbonyl (C=O) groups excluding carboxylic acids is 2. The van der Waals surface area contributed by atoms with Crippen LogP contribution in [0.2, 0.25) is 0 Å². The average Bonchev–Trinajstić information content (AvgIpc) is 2.42. The summed E-state index contributed by atoms with van der Waals surface area (Å²) in [4.78, 5) is 22.4. The van der Waals surface area contributed by atoms with Gasteiger partial charge in [0.05, 0.1) is 0 Å². The third-order valence-corrected chi connectivity index (χ3v) is 2.30. The number of hydrogen-bond acceptors (Lipinski definition) is 5. The second kappa shape index (κ2) is 7.78. The van der Waals surface area contributed by atoms with Crippen LogP contribution in [0.25, 0.3) is 6.08 Å². The van der Waals surface area contributed by atoms with Crippen LogP contribution in [-0.2, 0) is 19.1 Å². The Kier molecular flexibility index (Phi) is 6.03. The van der Waals surface area contributed by atoms with E-state index < -0.39 is 11.9 Å². The molecule has 0 saturated heterocycles. The first-order valence-corrected chi connectivity index (χ1v) is 6.02. The molecule has 5 nitrogen and oxygen atoms in total. The van der Waals surface area contributed by atoms with E-state index in [1.54, 1.807) is 31.2 Å². The van der Waals surface area contributed by atoms with Gasteiger partial charge in [0.25, 0.3) is 0 Å². The van der Waals surface area contributed by atoms with Gasteiger partial charge in [0.2, 0.25) is 0 Å². The maximum absolute atomic E-state index is 11.4. The van der Waals surface area contributed by atoms with Gasteiger partial charge in [0, 0.05) is 17.3 Å². The Morgan fingerprint density at radius 1 is 1.25 bits per heavy atom. The summed E-state index contributed by atoms with van der Waals surface area (Å²) in [5, 5.41) is 0. The zero-order valence-electron chi connectivity index (χ0n) is 11.3. The monoisotopic (exact) mass is 275 g/mol. The van der Waals surface area contributed by atoms with E-state index in [4.69, 9.17) is 15.2 Å². The van der Waals surface area contributed by atoms with Crippen LogP contribution in [0.5, 0.6) is 0 Å². The van der Waals surface area contributed by atoms with Crippen molar-refractivity contribution in [3.05, 3.63) is 48.1 Å². The highest BCUT2D eigenvalue weighted by Gasteiger charge is 2.03. The Labute approximate surface area is 117 Å². The summed E-state index contributed by atoms with van der Waals surface area (Å²) in [6, 6.07) is 7.15. The van der Waals surface area contributed by atoms with Crippen molar-refractivity contribution in [1.29, 1.82) is 0 Å². The molecule has 2 N–H and O–H groups in total. The van der Waals surface area contributed by atoms with Gasteiger partial charge in [-0.25, -0.2) is 9.59 Å². The molecule has 106 valence electrons. The van der Waals surface area contributed by atoms with Gasteiger partial charge in [-0.15, -0.1) is 0 Å². The summed E-state index contributed by atoms with van der Waals surface area (Å²) in [5.74, 6) is -1.03. The second-order valence-electron chi connectivity index (χ2n) is 4.05. The minimum Gasteiger partial charge on any atom is -0.459 e. The van der Waals surface area contributed by atoms with Crippen LogP contribution in [0.3, 0.4) is 0 Å². The van der Waals surface area contributed by atoms with E-state index in [1.807, 2.05) is 6.07 Å². The Balaban J connectivity index is 2.32. The quantitative estimate of drug-likeness (QED) is 0.371. The molecule has 0 bridgehead atoms. The van der Waals surface area contributed by atoms with Gasteiger partial charge in [0.15, 0.2) is 0 Å². The fraction of sp³-hybridized carbons (Fsp3) is 0.200. The second-order valence-corrected chi connectivity index (χ2v) is 4.05. The van der Waals surface area contributed by atoms with E-state index in [9.17, 15) is 9.59 Å². The molecule has 1 rings (SSSR count). The summed E-state index contributed by atoms with van der Waals surface area (Å²) < 4.78 is 9.64. The van der Waals surface area contributed by atoms with Gasteiger partial charge in [0.1, 0.15) is 13.2 Å². The van der Waals surface area contributed by atoms with E-state index in [-0.39, 0.29) is 13.2 Å². The predicted octanol–water partition coefficient (Wildman–Crippen LogP) is 1.94. The summed E-state index contributed by atoms with van der Waals surface area (Å²) in [5.41, 5.74) is 7.33. The largest absolute Gasteiger partial charge is 0.459 e. The van der Waals surface area contributed by atoms with Gasteiger partial charge < -0.3 is 15.2 Å². The zero-order chi connectivity index (χ0) is 15.0. The lowest BCUT2D eigenvalue weighted by Gasteiger charge is -2.04. The molecule has 0 aromatic heterocycles. The number of anilines is 1. The van der Waals surface area contributed by atoms with Crippen LogP contribution >= 0.6 is 0 Å². The van der Waals surface area contributed by atoms with Crippen molar-refractivity contribution in [1.82, 2.24) is 0 Å². The number of nitrogen functional groups attached to an aromatic ring is 1. The molecule has 1 aromatic carbocycles. The first-order chi connectivity index (χ1) is 9.50. The van der Waals surface area contributed by atoms with Crippen LogP contribution in [0.1, 0.15) is 12.5 Å². The Morgan fingerprint density at radius 2 is 1.90 bits per heavy atom. The van der Waals surface area contributed by atoms with Crippen molar-refractivity contribution >= 4 is 23.7 Å². The molecule has 0 aliphatic heterocycles. The highest BCUT2D eigenvalue weighted by molar-refractivity contribution is 5.88. The Morgan fingerprint density at radius 3 is 2.55 bits per heavy atom. The highest BCUT2D eigenvalue weighted by atomic mass is 16.6. The van der Waals surface area contributed by atoms with Crippen molar-refractivity contribution in [3.8, 4) is 0 Å². The molecule has 0 unspecified atom stereocenters. The number of ether oxygens (including phenoxy) is 2. The van der Waals surface area contributed by atoms with Gasteiger partial charge in [-0.05, 0) is 24.6 Å². The van der Waals surface area contributed by atoms with Gasteiger partial charge in [-0.1, -0.05) is 24.8 Å². The summed E-state index contributed by atoms with van der Waals surface area (Å²) in [6.45, 7) is 4.97. The third kappa shape index (κ3) is 5.39. The van der Waals surface area contributed by atoms with Crippen LogP contribution < -0.4 is 5.73 Å². The van der Waals surface area contributed by atoms with Gasteiger partial charge >= 0.3 is 11.9 Å². The first-order valence-electron chi connectivity index (χ1n) is 6.02. The topological polar surface area (TPSA) is 78.6 Å². The maximum Gasteiger partial charge on any atom is 0.333 e. The zero-order valence-corrected chi connectivity index (χ0v) is 11.3. The normalized spacial score (nSPS) is 10.2. The summed E-state index contributed by atoms with van der Waals surface area (Å²) in [6.07, 6.45) is 2.84. The molecule has 0 atom stereocenters. The minimum absolute atomic E-state index is 0.00124.